The third kappa shape index (κ3) is 3.36. The van der Waals surface area contributed by atoms with Gasteiger partial charge in [-0.15, -0.1) is 11.3 Å². The first-order valence-electron chi connectivity index (χ1n) is 7.68. The highest BCUT2D eigenvalue weighted by Gasteiger charge is 2.31. The van der Waals surface area contributed by atoms with Crippen LogP contribution in [0, 0.1) is 5.92 Å². The van der Waals surface area contributed by atoms with Crippen LogP contribution >= 0.6 is 11.3 Å². The summed E-state index contributed by atoms with van der Waals surface area (Å²) < 4.78 is 0. The minimum absolute atomic E-state index is 0.641. The zero-order valence-electron chi connectivity index (χ0n) is 11.8. The molecule has 0 aromatic carbocycles. The van der Waals surface area contributed by atoms with Gasteiger partial charge in [0.15, 0.2) is 0 Å². The molecule has 1 aliphatic carbocycles. The van der Waals surface area contributed by atoms with E-state index in [1.54, 1.807) is 11.3 Å². The van der Waals surface area contributed by atoms with Crippen LogP contribution in [-0.4, -0.2) is 35.1 Å². The number of thiazole rings is 1. The van der Waals surface area contributed by atoms with Crippen molar-refractivity contribution in [3.63, 3.8) is 0 Å². The molecule has 2 fully saturated rings. The van der Waals surface area contributed by atoms with E-state index in [4.69, 9.17) is 0 Å². The molecule has 106 valence electrons. The fourth-order valence-corrected chi connectivity index (χ4v) is 4.16. The van der Waals surface area contributed by atoms with Gasteiger partial charge in [0.1, 0.15) is 0 Å². The maximum atomic E-state index is 4.20. The fraction of sp³-hybridized carbons (Fsp3) is 0.800. The summed E-state index contributed by atoms with van der Waals surface area (Å²) in [6, 6.07) is 1.35. The Labute approximate surface area is 120 Å². The van der Waals surface area contributed by atoms with Gasteiger partial charge in [-0.2, -0.15) is 0 Å². The second kappa shape index (κ2) is 6.33. The molecule has 0 bridgehead atoms. The molecule has 1 N–H and O–H groups in total. The zero-order chi connectivity index (χ0) is 13.1. The molecule has 2 atom stereocenters. The standard InChI is InChI=1S/C15H25N3S/c1-12-7-17-15(13-5-3-2-4-6-13)10-18(12)9-14-8-16-11-19-14/h8,11-13,15,17H,2-7,9-10H2,1H3. The summed E-state index contributed by atoms with van der Waals surface area (Å²) in [6.45, 7) is 5.77. The Morgan fingerprint density at radius 1 is 1.37 bits per heavy atom. The van der Waals surface area contributed by atoms with E-state index in [9.17, 15) is 0 Å². The summed E-state index contributed by atoms with van der Waals surface area (Å²) in [4.78, 5) is 8.24. The van der Waals surface area contributed by atoms with Crippen LogP contribution in [0.2, 0.25) is 0 Å². The molecule has 0 spiro atoms. The first-order chi connectivity index (χ1) is 9.33. The highest BCUT2D eigenvalue weighted by atomic mass is 32.1. The van der Waals surface area contributed by atoms with E-state index in [-0.39, 0.29) is 0 Å². The molecule has 1 aromatic rings. The monoisotopic (exact) mass is 279 g/mol. The van der Waals surface area contributed by atoms with Crippen molar-refractivity contribution in [2.75, 3.05) is 13.1 Å². The Morgan fingerprint density at radius 2 is 2.21 bits per heavy atom. The summed E-state index contributed by atoms with van der Waals surface area (Å²) in [7, 11) is 0. The number of hydrogen-bond acceptors (Lipinski definition) is 4. The number of aromatic nitrogens is 1. The smallest absolute Gasteiger partial charge is 0.0794 e. The molecular formula is C15H25N3S. The summed E-state index contributed by atoms with van der Waals surface area (Å²) in [5, 5.41) is 3.79. The topological polar surface area (TPSA) is 28.2 Å². The van der Waals surface area contributed by atoms with Crippen molar-refractivity contribution >= 4 is 11.3 Å². The Bertz CT molecular complexity index is 373. The van der Waals surface area contributed by atoms with Crippen molar-refractivity contribution in [1.29, 1.82) is 0 Å². The van der Waals surface area contributed by atoms with Crippen LogP contribution in [0.25, 0.3) is 0 Å². The molecule has 1 aliphatic heterocycles. The van der Waals surface area contributed by atoms with Crippen LogP contribution in [0.4, 0.5) is 0 Å². The van der Waals surface area contributed by atoms with E-state index in [0.29, 0.717) is 12.1 Å². The van der Waals surface area contributed by atoms with Gasteiger partial charge in [-0.1, -0.05) is 19.3 Å². The van der Waals surface area contributed by atoms with Gasteiger partial charge in [-0.05, 0) is 25.7 Å². The predicted octanol–water partition coefficient (Wildman–Crippen LogP) is 2.89. The van der Waals surface area contributed by atoms with Crippen molar-refractivity contribution in [3.8, 4) is 0 Å². The Morgan fingerprint density at radius 3 is 2.95 bits per heavy atom. The average molecular weight is 279 g/mol. The summed E-state index contributed by atoms with van der Waals surface area (Å²) >= 11 is 1.78. The van der Waals surface area contributed by atoms with Crippen LogP contribution in [0.5, 0.6) is 0 Å². The average Bonchev–Trinajstić information content (AvgIpc) is 2.95. The summed E-state index contributed by atoms with van der Waals surface area (Å²) in [6.07, 6.45) is 9.21. The largest absolute Gasteiger partial charge is 0.311 e. The molecule has 2 heterocycles. The molecular weight excluding hydrogens is 254 g/mol. The lowest BCUT2D eigenvalue weighted by atomic mass is 9.82. The maximum absolute atomic E-state index is 4.20. The third-order valence-electron chi connectivity index (χ3n) is 4.79. The van der Waals surface area contributed by atoms with Gasteiger partial charge in [-0.25, -0.2) is 0 Å². The highest BCUT2D eigenvalue weighted by Crippen LogP contribution is 2.29. The van der Waals surface area contributed by atoms with E-state index in [1.165, 1.54) is 43.5 Å². The summed E-state index contributed by atoms with van der Waals surface area (Å²) in [5.41, 5.74) is 1.95. The van der Waals surface area contributed by atoms with E-state index < -0.39 is 0 Å². The van der Waals surface area contributed by atoms with Crippen LogP contribution in [0.1, 0.15) is 43.9 Å². The molecule has 0 radical (unpaired) electrons. The molecule has 2 aliphatic rings. The van der Waals surface area contributed by atoms with E-state index in [2.05, 4.69) is 22.1 Å². The number of hydrogen-bond donors (Lipinski definition) is 1. The van der Waals surface area contributed by atoms with Gasteiger partial charge in [0, 0.05) is 42.8 Å². The van der Waals surface area contributed by atoms with Crippen molar-refractivity contribution in [1.82, 2.24) is 15.2 Å². The number of piperazine rings is 1. The normalized spacial score (nSPS) is 30.6. The first-order valence-corrected chi connectivity index (χ1v) is 8.55. The van der Waals surface area contributed by atoms with Crippen LogP contribution in [0.3, 0.4) is 0 Å². The van der Waals surface area contributed by atoms with Crippen molar-refractivity contribution in [2.24, 2.45) is 5.92 Å². The van der Waals surface area contributed by atoms with E-state index >= 15 is 0 Å². The SMILES string of the molecule is CC1CNC(C2CCCCC2)CN1Cc1cncs1. The van der Waals surface area contributed by atoms with Gasteiger partial charge >= 0.3 is 0 Å². The number of nitrogens with zero attached hydrogens (tertiary/aromatic N) is 2. The minimum atomic E-state index is 0.641. The molecule has 0 amide bonds. The molecule has 2 unspecified atom stereocenters. The number of nitrogens with one attached hydrogen (secondary N) is 1. The van der Waals surface area contributed by atoms with Crippen LogP contribution < -0.4 is 5.32 Å². The maximum Gasteiger partial charge on any atom is 0.0794 e. The Balaban J connectivity index is 1.59. The second-order valence-electron chi connectivity index (χ2n) is 6.16. The molecule has 19 heavy (non-hydrogen) atoms. The lowest BCUT2D eigenvalue weighted by Crippen LogP contribution is -2.57. The predicted molar refractivity (Wildman–Crippen MR) is 80.4 cm³/mol. The molecule has 1 saturated heterocycles. The molecule has 1 saturated carbocycles. The molecule has 1 aromatic heterocycles. The van der Waals surface area contributed by atoms with E-state index in [0.717, 1.165) is 19.0 Å². The second-order valence-corrected chi connectivity index (χ2v) is 7.13. The van der Waals surface area contributed by atoms with Gasteiger partial charge in [0.25, 0.3) is 0 Å². The van der Waals surface area contributed by atoms with Crippen molar-refractivity contribution in [3.05, 3.63) is 16.6 Å². The van der Waals surface area contributed by atoms with Gasteiger partial charge in [0.05, 0.1) is 5.51 Å². The zero-order valence-corrected chi connectivity index (χ0v) is 12.7. The summed E-state index contributed by atoms with van der Waals surface area (Å²) in [5.74, 6) is 0.908. The minimum Gasteiger partial charge on any atom is -0.311 e. The van der Waals surface area contributed by atoms with Gasteiger partial charge in [0.2, 0.25) is 0 Å². The third-order valence-corrected chi connectivity index (χ3v) is 5.56. The Kier molecular flexibility index (Phi) is 4.51. The van der Waals surface area contributed by atoms with Gasteiger partial charge in [-0.3, -0.25) is 9.88 Å². The lowest BCUT2D eigenvalue weighted by molar-refractivity contribution is 0.0989. The Hall–Kier alpha value is -0.450. The van der Waals surface area contributed by atoms with Crippen molar-refractivity contribution < 1.29 is 0 Å². The van der Waals surface area contributed by atoms with E-state index in [1.807, 2.05) is 11.7 Å². The highest BCUT2D eigenvalue weighted by molar-refractivity contribution is 7.09. The van der Waals surface area contributed by atoms with Crippen molar-refractivity contribution in [2.45, 2.75) is 57.7 Å². The molecule has 3 rings (SSSR count). The van der Waals surface area contributed by atoms with Gasteiger partial charge < -0.3 is 5.32 Å². The molecule has 4 heteroatoms. The molecule has 3 nitrogen and oxygen atoms in total. The van der Waals surface area contributed by atoms with Crippen LogP contribution in [-0.2, 0) is 6.54 Å². The lowest BCUT2D eigenvalue weighted by Gasteiger charge is -2.42. The first kappa shape index (κ1) is 13.5. The van der Waals surface area contributed by atoms with Crippen LogP contribution in [0.15, 0.2) is 11.7 Å². The number of rotatable bonds is 3. The quantitative estimate of drug-likeness (QED) is 0.922. The fourth-order valence-electron chi connectivity index (χ4n) is 3.54.